The van der Waals surface area contributed by atoms with E-state index in [2.05, 4.69) is 0 Å². The van der Waals surface area contributed by atoms with Gasteiger partial charge < -0.3 is 4.90 Å². The average Bonchev–Trinajstić information content (AvgIpc) is 3.45. The van der Waals surface area contributed by atoms with E-state index in [4.69, 9.17) is 0 Å². The molecule has 2 aliphatic rings. The predicted molar refractivity (Wildman–Crippen MR) is 105 cm³/mol. The molecule has 1 heterocycles. The summed E-state index contributed by atoms with van der Waals surface area (Å²) < 4.78 is 27.8. The molecule has 2 aromatic carbocycles. The van der Waals surface area contributed by atoms with Crippen LogP contribution in [0.2, 0.25) is 0 Å². The normalized spacial score (nSPS) is 16.6. The third-order valence-electron chi connectivity index (χ3n) is 5.33. The number of fused-ring (bicyclic) bond motifs is 1. The lowest BCUT2D eigenvalue weighted by Gasteiger charge is -2.22. The standard InChI is InChI=1S/C21H24N2O3S/c1-2-22(15-16-6-4-3-5-7-16)27(25,26)19-10-11-20-18(14-19)12-13-23(20)21(24)17-8-9-17/h3-7,10-11,14,17H,2,8-9,12-13,15H2,1H3. The van der Waals surface area contributed by atoms with E-state index < -0.39 is 10.0 Å². The average molecular weight is 385 g/mol. The summed E-state index contributed by atoms with van der Waals surface area (Å²) in [6.45, 7) is 3.25. The first-order valence-electron chi connectivity index (χ1n) is 9.49. The second-order valence-corrected chi connectivity index (χ2v) is 9.16. The number of benzene rings is 2. The predicted octanol–water partition coefficient (Wildman–Crippen LogP) is 3.20. The van der Waals surface area contributed by atoms with Crippen molar-refractivity contribution in [2.45, 2.75) is 37.6 Å². The molecule has 1 amide bonds. The number of nitrogens with zero attached hydrogens (tertiary/aromatic N) is 2. The lowest BCUT2D eigenvalue weighted by Crippen LogP contribution is -2.31. The number of amides is 1. The summed E-state index contributed by atoms with van der Waals surface area (Å²) in [4.78, 5) is 14.5. The minimum absolute atomic E-state index is 0.167. The lowest BCUT2D eigenvalue weighted by atomic mass is 10.2. The Hall–Kier alpha value is -2.18. The largest absolute Gasteiger partial charge is 0.312 e. The van der Waals surface area contributed by atoms with Gasteiger partial charge in [0.15, 0.2) is 0 Å². The Labute approximate surface area is 160 Å². The van der Waals surface area contributed by atoms with Gasteiger partial charge in [-0.2, -0.15) is 4.31 Å². The van der Waals surface area contributed by atoms with Crippen LogP contribution in [0.15, 0.2) is 53.4 Å². The second-order valence-electron chi connectivity index (χ2n) is 7.22. The van der Waals surface area contributed by atoms with Crippen LogP contribution in [-0.2, 0) is 27.8 Å². The van der Waals surface area contributed by atoms with E-state index in [-0.39, 0.29) is 11.8 Å². The number of sulfonamides is 1. The van der Waals surface area contributed by atoms with Crippen LogP contribution in [0.5, 0.6) is 0 Å². The second kappa shape index (κ2) is 7.09. The van der Waals surface area contributed by atoms with E-state index >= 15 is 0 Å². The van der Waals surface area contributed by atoms with Gasteiger partial charge in [0.05, 0.1) is 4.90 Å². The highest BCUT2D eigenvalue weighted by molar-refractivity contribution is 7.89. The number of carbonyl (C=O) groups is 1. The summed E-state index contributed by atoms with van der Waals surface area (Å²) in [5, 5.41) is 0. The zero-order chi connectivity index (χ0) is 19.0. The van der Waals surface area contributed by atoms with Crippen molar-refractivity contribution in [2.24, 2.45) is 5.92 Å². The van der Waals surface area contributed by atoms with Crippen molar-refractivity contribution in [3.05, 3.63) is 59.7 Å². The summed E-state index contributed by atoms with van der Waals surface area (Å²) in [5.41, 5.74) is 2.78. The van der Waals surface area contributed by atoms with Gasteiger partial charge in [0.1, 0.15) is 0 Å². The quantitative estimate of drug-likeness (QED) is 0.768. The Bertz CT molecular complexity index is 953. The Morgan fingerprint density at radius 2 is 1.89 bits per heavy atom. The number of hydrogen-bond donors (Lipinski definition) is 0. The van der Waals surface area contributed by atoms with Crippen LogP contribution in [-0.4, -0.2) is 31.7 Å². The molecule has 6 heteroatoms. The van der Waals surface area contributed by atoms with Crippen LogP contribution in [0.25, 0.3) is 0 Å². The van der Waals surface area contributed by atoms with Gasteiger partial charge in [0.2, 0.25) is 15.9 Å². The number of rotatable bonds is 6. The maximum absolute atomic E-state index is 13.1. The molecule has 2 aromatic rings. The molecule has 0 unspecified atom stereocenters. The maximum Gasteiger partial charge on any atom is 0.243 e. The highest BCUT2D eigenvalue weighted by atomic mass is 32.2. The van der Waals surface area contributed by atoms with Crippen LogP contribution in [0, 0.1) is 5.92 Å². The van der Waals surface area contributed by atoms with Crippen molar-refractivity contribution in [2.75, 3.05) is 18.0 Å². The molecule has 0 saturated heterocycles. The van der Waals surface area contributed by atoms with Gasteiger partial charge in [-0.3, -0.25) is 4.79 Å². The SMILES string of the molecule is CCN(Cc1ccccc1)S(=O)(=O)c1ccc2c(c1)CCN2C(=O)C1CC1. The molecular weight excluding hydrogens is 360 g/mol. The van der Waals surface area contributed by atoms with Gasteiger partial charge in [-0.25, -0.2) is 8.42 Å². The highest BCUT2D eigenvalue weighted by Gasteiger charge is 2.37. The summed E-state index contributed by atoms with van der Waals surface area (Å²) in [5.74, 6) is 0.351. The molecule has 0 radical (unpaired) electrons. The fraction of sp³-hybridized carbons (Fsp3) is 0.381. The topological polar surface area (TPSA) is 57.7 Å². The molecule has 0 aromatic heterocycles. The van der Waals surface area contributed by atoms with Crippen molar-refractivity contribution in [1.29, 1.82) is 0 Å². The summed E-state index contributed by atoms with van der Waals surface area (Å²) in [6, 6.07) is 14.8. The molecule has 142 valence electrons. The molecule has 1 aliphatic heterocycles. The molecule has 0 atom stereocenters. The van der Waals surface area contributed by atoms with Crippen LogP contribution < -0.4 is 4.90 Å². The van der Waals surface area contributed by atoms with E-state index in [1.807, 2.05) is 42.2 Å². The van der Waals surface area contributed by atoms with Gasteiger partial charge >= 0.3 is 0 Å². The van der Waals surface area contributed by atoms with Gasteiger partial charge in [0, 0.05) is 31.2 Å². The van der Waals surface area contributed by atoms with Crippen LogP contribution >= 0.6 is 0 Å². The first kappa shape index (κ1) is 18.2. The molecule has 0 N–H and O–H groups in total. The van der Waals surface area contributed by atoms with Gasteiger partial charge in [0.25, 0.3) is 0 Å². The molecule has 1 aliphatic carbocycles. The molecule has 4 rings (SSSR count). The van der Waals surface area contributed by atoms with Crippen molar-refractivity contribution >= 4 is 21.6 Å². The maximum atomic E-state index is 13.1. The number of anilines is 1. The van der Waals surface area contributed by atoms with Crippen LogP contribution in [0.3, 0.4) is 0 Å². The third-order valence-corrected chi connectivity index (χ3v) is 7.25. The Morgan fingerprint density at radius 1 is 1.15 bits per heavy atom. The Morgan fingerprint density at radius 3 is 2.56 bits per heavy atom. The minimum Gasteiger partial charge on any atom is -0.312 e. The molecule has 1 saturated carbocycles. The van der Waals surface area contributed by atoms with Crippen LogP contribution in [0.4, 0.5) is 5.69 Å². The first-order chi connectivity index (χ1) is 13.0. The zero-order valence-corrected chi connectivity index (χ0v) is 16.3. The van der Waals surface area contributed by atoms with E-state index in [1.54, 1.807) is 18.2 Å². The van der Waals surface area contributed by atoms with E-state index in [9.17, 15) is 13.2 Å². The van der Waals surface area contributed by atoms with E-state index in [0.29, 0.717) is 31.0 Å². The van der Waals surface area contributed by atoms with Crippen molar-refractivity contribution in [1.82, 2.24) is 4.31 Å². The van der Waals surface area contributed by atoms with E-state index in [0.717, 1.165) is 29.7 Å². The highest BCUT2D eigenvalue weighted by Crippen LogP contribution is 2.37. The molecule has 27 heavy (non-hydrogen) atoms. The molecule has 0 spiro atoms. The van der Waals surface area contributed by atoms with E-state index in [1.165, 1.54) is 4.31 Å². The Balaban J connectivity index is 1.59. The van der Waals surface area contributed by atoms with Gasteiger partial charge in [-0.1, -0.05) is 37.3 Å². The number of carbonyl (C=O) groups excluding carboxylic acids is 1. The van der Waals surface area contributed by atoms with Crippen molar-refractivity contribution in [3.63, 3.8) is 0 Å². The fourth-order valence-electron chi connectivity index (χ4n) is 3.62. The molecule has 0 bridgehead atoms. The molecular formula is C21H24N2O3S. The van der Waals surface area contributed by atoms with Gasteiger partial charge in [-0.05, 0) is 48.6 Å². The summed E-state index contributed by atoms with van der Waals surface area (Å²) in [7, 11) is -3.58. The Kier molecular flexibility index (Phi) is 4.78. The smallest absolute Gasteiger partial charge is 0.243 e. The van der Waals surface area contributed by atoms with Crippen molar-refractivity contribution < 1.29 is 13.2 Å². The lowest BCUT2D eigenvalue weighted by molar-refractivity contribution is -0.119. The van der Waals surface area contributed by atoms with Gasteiger partial charge in [-0.15, -0.1) is 0 Å². The third kappa shape index (κ3) is 3.51. The first-order valence-corrected chi connectivity index (χ1v) is 10.9. The molecule has 1 fully saturated rings. The summed E-state index contributed by atoms with van der Waals surface area (Å²) >= 11 is 0. The number of hydrogen-bond acceptors (Lipinski definition) is 3. The minimum atomic E-state index is -3.58. The summed E-state index contributed by atoms with van der Waals surface area (Å²) in [6.07, 6.45) is 2.66. The van der Waals surface area contributed by atoms with Crippen LogP contribution in [0.1, 0.15) is 30.9 Å². The zero-order valence-electron chi connectivity index (χ0n) is 15.5. The monoisotopic (exact) mass is 384 g/mol. The molecule has 5 nitrogen and oxygen atoms in total. The van der Waals surface area contributed by atoms with Crippen molar-refractivity contribution in [3.8, 4) is 0 Å². The fourth-order valence-corrected chi connectivity index (χ4v) is 5.11.